The minimum absolute atomic E-state index is 0.0789. The Morgan fingerprint density at radius 3 is 2.28 bits per heavy atom. The van der Waals surface area contributed by atoms with Gasteiger partial charge in [-0.15, -0.1) is 0 Å². The molecule has 32 heavy (non-hydrogen) atoms. The number of amides is 2. The number of hydrogen-bond donors (Lipinski definition) is 2. The number of nitrogens with two attached hydrogens (primary N) is 1. The predicted octanol–water partition coefficient (Wildman–Crippen LogP) is 4.02. The van der Waals surface area contributed by atoms with E-state index in [0.717, 1.165) is 50.0 Å². The summed E-state index contributed by atoms with van der Waals surface area (Å²) >= 11 is 0. The highest BCUT2D eigenvalue weighted by Crippen LogP contribution is 2.22. The fraction of sp³-hybridized carbons (Fsp3) is 0.259. The van der Waals surface area contributed by atoms with Crippen LogP contribution in [0, 0.1) is 0 Å². The molecule has 164 valence electrons. The van der Waals surface area contributed by atoms with E-state index in [4.69, 9.17) is 5.73 Å². The zero-order valence-corrected chi connectivity index (χ0v) is 18.2. The molecule has 5 heteroatoms. The van der Waals surface area contributed by atoms with Gasteiger partial charge in [0.2, 0.25) is 5.91 Å². The normalized spacial score (nSPS) is 13.4. The summed E-state index contributed by atoms with van der Waals surface area (Å²) in [6, 6.07) is 23.2. The second-order valence-electron chi connectivity index (χ2n) is 8.28. The third-order valence-electron chi connectivity index (χ3n) is 6.00. The van der Waals surface area contributed by atoms with E-state index in [1.54, 1.807) is 18.2 Å². The molecule has 3 aromatic carbocycles. The van der Waals surface area contributed by atoms with Crippen LogP contribution in [0.15, 0.2) is 72.8 Å². The van der Waals surface area contributed by atoms with E-state index >= 15 is 0 Å². The van der Waals surface area contributed by atoms with Crippen LogP contribution in [0.1, 0.15) is 44.7 Å². The molecule has 3 aromatic rings. The lowest BCUT2D eigenvalue weighted by Crippen LogP contribution is -2.32. The second kappa shape index (κ2) is 10.2. The molecule has 5 nitrogen and oxygen atoms in total. The molecule has 0 saturated heterocycles. The highest BCUT2D eigenvalue weighted by atomic mass is 16.2. The molecule has 0 fully saturated rings. The minimum Gasteiger partial charge on any atom is -0.366 e. The van der Waals surface area contributed by atoms with E-state index in [1.165, 1.54) is 11.1 Å². The molecule has 0 saturated carbocycles. The Kier molecular flexibility index (Phi) is 6.97. The van der Waals surface area contributed by atoms with Crippen molar-refractivity contribution in [2.75, 3.05) is 19.6 Å². The van der Waals surface area contributed by atoms with Crippen LogP contribution in [0.5, 0.6) is 0 Å². The van der Waals surface area contributed by atoms with Crippen molar-refractivity contribution < 1.29 is 9.59 Å². The first-order valence-corrected chi connectivity index (χ1v) is 11.2. The van der Waals surface area contributed by atoms with Crippen LogP contribution < -0.4 is 11.1 Å². The van der Waals surface area contributed by atoms with Crippen molar-refractivity contribution in [3.8, 4) is 11.1 Å². The Labute approximate surface area is 189 Å². The van der Waals surface area contributed by atoms with Crippen molar-refractivity contribution in [2.45, 2.75) is 25.8 Å². The molecule has 0 atom stereocenters. The second-order valence-corrected chi connectivity index (χ2v) is 8.28. The Morgan fingerprint density at radius 1 is 0.844 bits per heavy atom. The monoisotopic (exact) mass is 427 g/mol. The first-order valence-electron chi connectivity index (χ1n) is 11.2. The van der Waals surface area contributed by atoms with E-state index < -0.39 is 5.91 Å². The number of primary amides is 1. The van der Waals surface area contributed by atoms with Crippen molar-refractivity contribution in [2.24, 2.45) is 5.73 Å². The number of carbonyl (C=O) groups excluding carboxylic acids is 2. The molecule has 0 aliphatic carbocycles. The van der Waals surface area contributed by atoms with Gasteiger partial charge in [0.25, 0.3) is 5.91 Å². The molecule has 2 amide bonds. The lowest BCUT2D eigenvalue weighted by atomic mass is 10.00. The fourth-order valence-electron chi connectivity index (χ4n) is 4.20. The maximum absolute atomic E-state index is 12.6. The lowest BCUT2D eigenvalue weighted by Gasteiger charge is -2.28. The van der Waals surface area contributed by atoms with Gasteiger partial charge < -0.3 is 11.1 Å². The summed E-state index contributed by atoms with van der Waals surface area (Å²) in [5.74, 6) is -0.542. The van der Waals surface area contributed by atoms with E-state index in [9.17, 15) is 9.59 Å². The molecule has 0 spiro atoms. The maximum atomic E-state index is 12.6. The highest BCUT2D eigenvalue weighted by molar-refractivity contribution is 5.96. The van der Waals surface area contributed by atoms with Crippen LogP contribution in [-0.2, 0) is 13.0 Å². The van der Waals surface area contributed by atoms with E-state index in [1.807, 2.05) is 30.3 Å². The van der Waals surface area contributed by atoms with E-state index in [2.05, 4.69) is 34.5 Å². The average Bonchev–Trinajstić information content (AvgIpc) is 2.83. The molecule has 1 heterocycles. The third kappa shape index (κ3) is 5.42. The summed E-state index contributed by atoms with van der Waals surface area (Å²) in [6.45, 7) is 3.83. The van der Waals surface area contributed by atoms with E-state index in [0.29, 0.717) is 17.7 Å². The predicted molar refractivity (Wildman–Crippen MR) is 127 cm³/mol. The van der Waals surface area contributed by atoms with Crippen molar-refractivity contribution in [1.82, 2.24) is 10.2 Å². The summed E-state index contributed by atoms with van der Waals surface area (Å²) in [5.41, 5.74) is 11.1. The van der Waals surface area contributed by atoms with Crippen LogP contribution in [0.4, 0.5) is 0 Å². The molecule has 1 aliphatic rings. The van der Waals surface area contributed by atoms with Crippen molar-refractivity contribution in [3.05, 3.63) is 95.1 Å². The molecule has 0 unspecified atom stereocenters. The topological polar surface area (TPSA) is 75.4 Å². The minimum atomic E-state index is -0.463. The largest absolute Gasteiger partial charge is 0.366 e. The molecule has 0 aromatic heterocycles. The first kappa shape index (κ1) is 21.8. The summed E-state index contributed by atoms with van der Waals surface area (Å²) in [7, 11) is 0. The van der Waals surface area contributed by atoms with Gasteiger partial charge in [-0.25, -0.2) is 0 Å². The molecule has 3 N–H and O–H groups in total. The first-order chi connectivity index (χ1) is 15.6. The number of nitrogens with one attached hydrogen (secondary N) is 1. The Hall–Kier alpha value is -3.44. The summed E-state index contributed by atoms with van der Waals surface area (Å²) < 4.78 is 0. The van der Waals surface area contributed by atoms with Crippen LogP contribution >= 0.6 is 0 Å². The van der Waals surface area contributed by atoms with Crippen molar-refractivity contribution in [1.29, 1.82) is 0 Å². The number of benzene rings is 3. The zero-order valence-electron chi connectivity index (χ0n) is 18.2. The van der Waals surface area contributed by atoms with Gasteiger partial charge in [-0.05, 0) is 72.3 Å². The number of nitrogens with zero attached hydrogens (tertiary/aromatic N) is 1. The van der Waals surface area contributed by atoms with Gasteiger partial charge >= 0.3 is 0 Å². The number of unbranched alkanes of at least 4 members (excludes halogenated alkanes) is 1. The number of rotatable bonds is 8. The van der Waals surface area contributed by atoms with Gasteiger partial charge in [0.1, 0.15) is 0 Å². The Balaban J connectivity index is 1.25. The SMILES string of the molecule is NC(=O)c1cccc(-c2cccc(C(=O)NCCCCN3CCc4ccccc4C3)c2)c1. The molecule has 0 radical (unpaired) electrons. The Morgan fingerprint density at radius 2 is 1.53 bits per heavy atom. The van der Waals surface area contributed by atoms with Crippen LogP contribution in [0.25, 0.3) is 11.1 Å². The van der Waals surface area contributed by atoms with Gasteiger partial charge in [-0.1, -0.05) is 48.5 Å². The lowest BCUT2D eigenvalue weighted by molar-refractivity contribution is 0.0951. The van der Waals surface area contributed by atoms with Crippen molar-refractivity contribution >= 4 is 11.8 Å². The maximum Gasteiger partial charge on any atom is 0.251 e. The third-order valence-corrected chi connectivity index (χ3v) is 6.00. The van der Waals surface area contributed by atoms with E-state index in [-0.39, 0.29) is 5.91 Å². The van der Waals surface area contributed by atoms with Gasteiger partial charge in [0, 0.05) is 30.8 Å². The zero-order chi connectivity index (χ0) is 22.3. The van der Waals surface area contributed by atoms with Crippen molar-refractivity contribution in [3.63, 3.8) is 0 Å². The molecular formula is C27H29N3O2. The highest BCUT2D eigenvalue weighted by Gasteiger charge is 2.15. The molecule has 0 bridgehead atoms. The molecule has 1 aliphatic heterocycles. The van der Waals surface area contributed by atoms with Gasteiger partial charge in [0.15, 0.2) is 0 Å². The van der Waals surface area contributed by atoms with Crippen LogP contribution in [-0.4, -0.2) is 36.3 Å². The molecular weight excluding hydrogens is 398 g/mol. The smallest absolute Gasteiger partial charge is 0.251 e. The van der Waals surface area contributed by atoms with Gasteiger partial charge in [-0.3, -0.25) is 14.5 Å². The quantitative estimate of drug-likeness (QED) is 0.533. The molecule has 4 rings (SSSR count). The van der Waals surface area contributed by atoms with Gasteiger partial charge in [0.05, 0.1) is 0 Å². The summed E-state index contributed by atoms with van der Waals surface area (Å²) in [5, 5.41) is 3.03. The Bertz CT molecular complexity index is 1110. The average molecular weight is 428 g/mol. The summed E-state index contributed by atoms with van der Waals surface area (Å²) in [4.78, 5) is 26.5. The fourth-order valence-corrected chi connectivity index (χ4v) is 4.20. The number of fused-ring (bicyclic) bond motifs is 1. The van der Waals surface area contributed by atoms with Gasteiger partial charge in [-0.2, -0.15) is 0 Å². The van der Waals surface area contributed by atoms with Crippen LogP contribution in [0.3, 0.4) is 0 Å². The number of hydrogen-bond acceptors (Lipinski definition) is 3. The van der Waals surface area contributed by atoms with Crippen LogP contribution in [0.2, 0.25) is 0 Å². The summed E-state index contributed by atoms with van der Waals surface area (Å²) in [6.07, 6.45) is 3.12. The number of carbonyl (C=O) groups is 2. The standard InChI is InChI=1S/C27H29N3O2/c28-26(31)23-11-5-9-21(17-23)22-10-6-12-24(18-22)27(32)29-14-3-4-15-30-16-13-20-7-1-2-8-25(20)19-30/h1-2,5-12,17-18H,3-4,13-16,19H2,(H2,28,31)(H,29,32).